The van der Waals surface area contributed by atoms with Crippen molar-refractivity contribution in [1.82, 2.24) is 20.1 Å². The molecule has 0 unspecified atom stereocenters. The van der Waals surface area contributed by atoms with Gasteiger partial charge in [0.15, 0.2) is 11.0 Å². The zero-order chi connectivity index (χ0) is 25.7. The summed E-state index contributed by atoms with van der Waals surface area (Å²) < 4.78 is 12.7. The average molecular weight is 503 g/mol. The summed E-state index contributed by atoms with van der Waals surface area (Å²) in [5.74, 6) is 2.20. The van der Waals surface area contributed by atoms with Gasteiger partial charge in [-0.2, -0.15) is 0 Å². The van der Waals surface area contributed by atoms with Gasteiger partial charge in [0.2, 0.25) is 0 Å². The molecule has 3 aromatic carbocycles. The Hall–Kier alpha value is -3.78. The van der Waals surface area contributed by atoms with Crippen LogP contribution in [0.5, 0.6) is 11.5 Å². The minimum absolute atomic E-state index is 0.269. The van der Waals surface area contributed by atoms with Gasteiger partial charge in [-0.25, -0.2) is 0 Å². The number of thioether (sulfide) groups is 1. The number of aromatic nitrogens is 3. The highest BCUT2D eigenvalue weighted by Gasteiger charge is 2.23. The number of hydrogen-bond acceptors (Lipinski definition) is 6. The first-order valence-corrected chi connectivity index (χ1v) is 12.6. The Kier molecular flexibility index (Phi) is 7.95. The van der Waals surface area contributed by atoms with Gasteiger partial charge in [0.1, 0.15) is 11.5 Å². The van der Waals surface area contributed by atoms with Crippen molar-refractivity contribution in [2.24, 2.45) is 0 Å². The number of benzene rings is 3. The zero-order valence-electron chi connectivity index (χ0n) is 21.1. The number of nitrogens with zero attached hydrogens (tertiary/aromatic N) is 3. The normalized spacial score (nSPS) is 11.7. The van der Waals surface area contributed by atoms with E-state index in [1.807, 2.05) is 35.8 Å². The molecular formula is C28H30N4O3S. The summed E-state index contributed by atoms with van der Waals surface area (Å²) in [6, 6.07) is 21.2. The van der Waals surface area contributed by atoms with Crippen LogP contribution in [0.25, 0.3) is 5.69 Å². The molecule has 0 aliphatic carbocycles. The molecule has 4 aromatic rings. The van der Waals surface area contributed by atoms with Crippen molar-refractivity contribution < 1.29 is 14.3 Å². The van der Waals surface area contributed by atoms with Crippen molar-refractivity contribution >= 4 is 17.7 Å². The van der Waals surface area contributed by atoms with E-state index in [2.05, 4.69) is 53.6 Å². The van der Waals surface area contributed by atoms with E-state index in [0.29, 0.717) is 22.9 Å². The number of hydrogen-bond donors (Lipinski definition) is 1. The molecule has 0 fully saturated rings. The number of rotatable bonds is 9. The quantitative estimate of drug-likeness (QED) is 0.297. The Morgan fingerprint density at radius 3 is 2.44 bits per heavy atom. The molecule has 0 saturated carbocycles. The molecule has 0 radical (unpaired) electrons. The molecule has 1 aromatic heterocycles. The summed E-state index contributed by atoms with van der Waals surface area (Å²) in [6.45, 7) is 6.06. The molecule has 0 spiro atoms. The minimum atomic E-state index is -0.411. The lowest BCUT2D eigenvalue weighted by atomic mass is 10.1. The van der Waals surface area contributed by atoms with Gasteiger partial charge in [0.05, 0.1) is 25.8 Å². The second-order valence-electron chi connectivity index (χ2n) is 8.49. The standard InChI is InChI=1S/C28H30N4O3S/c1-18-10-12-22(13-11-18)32-26(30-31-28(32)36-17-21-9-7-6-8-19(21)2)20(3)29-27(33)24-15-14-23(34-4)16-25(24)35-5/h6-16,20H,17H2,1-5H3,(H,29,33)/t20-/m0/s1. The third-order valence-corrected chi connectivity index (χ3v) is 6.93. The summed E-state index contributed by atoms with van der Waals surface area (Å²) in [5.41, 5.74) is 5.00. The van der Waals surface area contributed by atoms with E-state index in [9.17, 15) is 4.79 Å². The van der Waals surface area contributed by atoms with Crippen LogP contribution in [0.1, 0.15) is 45.8 Å². The molecule has 4 rings (SSSR count). The van der Waals surface area contributed by atoms with E-state index >= 15 is 0 Å². The van der Waals surface area contributed by atoms with Crippen molar-refractivity contribution in [3.8, 4) is 17.2 Å². The first-order valence-electron chi connectivity index (χ1n) is 11.6. The maximum absolute atomic E-state index is 13.2. The minimum Gasteiger partial charge on any atom is -0.497 e. The number of nitrogens with one attached hydrogen (secondary N) is 1. The smallest absolute Gasteiger partial charge is 0.255 e. The predicted molar refractivity (Wildman–Crippen MR) is 142 cm³/mol. The molecule has 1 atom stereocenters. The first-order chi connectivity index (χ1) is 17.4. The van der Waals surface area contributed by atoms with E-state index in [1.54, 1.807) is 37.1 Å². The van der Waals surface area contributed by atoms with Crippen molar-refractivity contribution in [2.75, 3.05) is 14.2 Å². The summed E-state index contributed by atoms with van der Waals surface area (Å²) in [7, 11) is 3.10. The van der Waals surface area contributed by atoms with E-state index in [-0.39, 0.29) is 5.91 Å². The van der Waals surface area contributed by atoms with Crippen LogP contribution in [-0.2, 0) is 5.75 Å². The monoisotopic (exact) mass is 502 g/mol. The van der Waals surface area contributed by atoms with Gasteiger partial charge in [0.25, 0.3) is 5.91 Å². The number of amides is 1. The van der Waals surface area contributed by atoms with Gasteiger partial charge in [-0.3, -0.25) is 9.36 Å². The van der Waals surface area contributed by atoms with Crippen LogP contribution < -0.4 is 14.8 Å². The first kappa shape index (κ1) is 25.3. The van der Waals surface area contributed by atoms with Crippen LogP contribution in [0.4, 0.5) is 0 Å². The summed E-state index contributed by atoms with van der Waals surface area (Å²) in [4.78, 5) is 13.2. The Morgan fingerprint density at radius 1 is 1.00 bits per heavy atom. The van der Waals surface area contributed by atoms with Gasteiger partial charge in [0, 0.05) is 17.5 Å². The molecule has 1 N–H and O–H groups in total. The highest BCUT2D eigenvalue weighted by atomic mass is 32.2. The molecule has 186 valence electrons. The van der Waals surface area contributed by atoms with Gasteiger partial charge in [-0.05, 0) is 56.2 Å². The number of ether oxygens (including phenoxy) is 2. The third kappa shape index (κ3) is 5.54. The van der Waals surface area contributed by atoms with Gasteiger partial charge in [-0.15, -0.1) is 10.2 Å². The van der Waals surface area contributed by atoms with Gasteiger partial charge in [-0.1, -0.05) is 53.7 Å². The van der Waals surface area contributed by atoms with E-state index in [4.69, 9.17) is 9.47 Å². The molecule has 0 bridgehead atoms. The fourth-order valence-corrected chi connectivity index (χ4v) is 4.87. The Balaban J connectivity index is 1.63. The number of methoxy groups -OCH3 is 2. The van der Waals surface area contributed by atoms with Crippen LogP contribution in [0.15, 0.2) is 71.9 Å². The molecule has 0 aliphatic heterocycles. The molecule has 1 heterocycles. The van der Waals surface area contributed by atoms with Gasteiger partial charge >= 0.3 is 0 Å². The van der Waals surface area contributed by atoms with Crippen LogP contribution in [0.2, 0.25) is 0 Å². The van der Waals surface area contributed by atoms with E-state index in [1.165, 1.54) is 18.2 Å². The maximum Gasteiger partial charge on any atom is 0.255 e. The lowest BCUT2D eigenvalue weighted by Gasteiger charge is -2.17. The molecule has 1 amide bonds. The molecule has 8 heteroatoms. The molecule has 0 aliphatic rings. The zero-order valence-corrected chi connectivity index (χ0v) is 21.9. The molecule has 0 saturated heterocycles. The van der Waals surface area contributed by atoms with Crippen molar-refractivity contribution in [1.29, 1.82) is 0 Å². The lowest BCUT2D eigenvalue weighted by molar-refractivity contribution is 0.0935. The van der Waals surface area contributed by atoms with E-state index in [0.717, 1.165) is 22.2 Å². The molecule has 7 nitrogen and oxygen atoms in total. The highest BCUT2D eigenvalue weighted by molar-refractivity contribution is 7.98. The van der Waals surface area contributed by atoms with Crippen molar-refractivity contribution in [3.63, 3.8) is 0 Å². The second kappa shape index (κ2) is 11.3. The molecular weight excluding hydrogens is 472 g/mol. The summed E-state index contributed by atoms with van der Waals surface area (Å²) >= 11 is 1.62. The maximum atomic E-state index is 13.2. The van der Waals surface area contributed by atoms with Crippen molar-refractivity contribution in [2.45, 2.75) is 37.7 Å². The summed E-state index contributed by atoms with van der Waals surface area (Å²) in [5, 5.41) is 12.8. The van der Waals surface area contributed by atoms with Crippen LogP contribution in [0, 0.1) is 13.8 Å². The van der Waals surface area contributed by atoms with Crippen LogP contribution in [0.3, 0.4) is 0 Å². The summed E-state index contributed by atoms with van der Waals surface area (Å²) in [6.07, 6.45) is 0. The topological polar surface area (TPSA) is 78.3 Å². The van der Waals surface area contributed by atoms with Crippen LogP contribution >= 0.6 is 11.8 Å². The Morgan fingerprint density at radius 2 is 1.75 bits per heavy atom. The van der Waals surface area contributed by atoms with Gasteiger partial charge < -0.3 is 14.8 Å². The SMILES string of the molecule is COc1ccc(C(=O)N[C@@H](C)c2nnc(SCc3ccccc3C)n2-c2ccc(C)cc2)c(OC)c1. The largest absolute Gasteiger partial charge is 0.497 e. The number of carbonyl (C=O) groups is 1. The average Bonchev–Trinajstić information content (AvgIpc) is 3.32. The Bertz CT molecular complexity index is 1350. The predicted octanol–water partition coefficient (Wildman–Crippen LogP) is 5.68. The second-order valence-corrected chi connectivity index (χ2v) is 9.43. The van der Waals surface area contributed by atoms with Crippen molar-refractivity contribution in [3.05, 3.63) is 94.8 Å². The number of aryl methyl sites for hydroxylation is 2. The third-order valence-electron chi connectivity index (χ3n) is 5.96. The molecule has 36 heavy (non-hydrogen) atoms. The Labute approximate surface area is 215 Å². The fourth-order valence-electron chi connectivity index (χ4n) is 3.83. The lowest BCUT2D eigenvalue weighted by Crippen LogP contribution is -2.29. The number of carbonyl (C=O) groups excluding carboxylic acids is 1. The fraction of sp³-hybridized carbons (Fsp3) is 0.250. The highest BCUT2D eigenvalue weighted by Crippen LogP contribution is 2.29. The van der Waals surface area contributed by atoms with Crippen LogP contribution in [-0.4, -0.2) is 34.9 Å². The van der Waals surface area contributed by atoms with E-state index < -0.39 is 6.04 Å².